The monoisotopic (exact) mass is 478 g/mol. The van der Waals surface area contributed by atoms with E-state index in [1.54, 1.807) is 17.8 Å². The third-order valence-electron chi connectivity index (χ3n) is 4.15. The van der Waals surface area contributed by atoms with Gasteiger partial charge in [0.2, 0.25) is 3.79 Å². The van der Waals surface area contributed by atoms with Gasteiger partial charge in [0.25, 0.3) is 5.91 Å². The van der Waals surface area contributed by atoms with Crippen molar-refractivity contribution in [3.05, 3.63) is 47.7 Å². The first-order chi connectivity index (χ1) is 13.2. The molecule has 1 amide bonds. The van der Waals surface area contributed by atoms with Gasteiger partial charge in [0.05, 0.1) is 4.99 Å². The molecule has 3 atom stereocenters. The molecule has 2 heterocycles. The molecular formula is C18H17Cl3N2O3S2. The molecule has 0 bridgehead atoms. The van der Waals surface area contributed by atoms with Crippen molar-refractivity contribution in [1.82, 2.24) is 10.2 Å². The largest absolute Gasteiger partial charge is 0.456 e. The highest BCUT2D eigenvalue weighted by atomic mass is 35.6. The second-order valence-electron chi connectivity index (χ2n) is 6.39. The Morgan fingerprint density at radius 1 is 1.32 bits per heavy atom. The summed E-state index contributed by atoms with van der Waals surface area (Å²) in [6.07, 6.45) is 2.22. The number of hydrogen-bond donors (Lipinski definition) is 1. The number of carbonyl (C=O) groups is 2. The molecule has 0 spiro atoms. The van der Waals surface area contributed by atoms with E-state index in [1.165, 1.54) is 4.90 Å². The van der Waals surface area contributed by atoms with Crippen LogP contribution in [0.3, 0.4) is 0 Å². The van der Waals surface area contributed by atoms with Crippen LogP contribution in [-0.2, 0) is 20.7 Å². The van der Waals surface area contributed by atoms with Crippen LogP contribution in [0.1, 0.15) is 12.5 Å². The standard InChI is InChI=1S/C18H17Cl3N2O3S2/c1-10-7-12(17(25)26-9-18(19,20)21)23-15(24)14(16(23)28-10)22-13(27)8-11-5-3-2-4-6-11/h2-7,10,14,16H,8-9H2,1H3,(H,22,27)/t10?,14?,16-/m0/s1. The lowest BCUT2D eigenvalue weighted by Gasteiger charge is -2.50. The van der Waals surface area contributed by atoms with Gasteiger partial charge < -0.3 is 10.1 Å². The molecule has 1 saturated heterocycles. The van der Waals surface area contributed by atoms with Crippen molar-refractivity contribution in [2.45, 2.75) is 33.8 Å². The molecule has 1 N–H and O–H groups in total. The zero-order chi connectivity index (χ0) is 20.5. The number of alkyl halides is 3. The predicted octanol–water partition coefficient (Wildman–Crippen LogP) is 3.62. The highest BCUT2D eigenvalue weighted by molar-refractivity contribution is 8.00. The van der Waals surface area contributed by atoms with Crippen LogP contribution in [0.15, 0.2) is 42.1 Å². The zero-order valence-electron chi connectivity index (χ0n) is 14.7. The van der Waals surface area contributed by atoms with Crippen LogP contribution in [0.25, 0.3) is 0 Å². The Kier molecular flexibility index (Phi) is 6.82. The van der Waals surface area contributed by atoms with Crippen molar-refractivity contribution in [2.75, 3.05) is 6.61 Å². The van der Waals surface area contributed by atoms with Gasteiger partial charge in [0.1, 0.15) is 23.7 Å². The highest BCUT2D eigenvalue weighted by Crippen LogP contribution is 2.41. The van der Waals surface area contributed by atoms with Gasteiger partial charge in [0.15, 0.2) is 0 Å². The number of nitrogens with zero attached hydrogens (tertiary/aromatic N) is 1. The Morgan fingerprint density at radius 2 is 2.00 bits per heavy atom. The number of esters is 1. The number of amides is 1. The molecule has 2 aliphatic heterocycles. The van der Waals surface area contributed by atoms with E-state index in [0.717, 1.165) is 5.56 Å². The average Bonchev–Trinajstić information content (AvgIpc) is 2.63. The molecule has 5 nitrogen and oxygen atoms in total. The number of nitrogens with one attached hydrogen (secondary N) is 1. The van der Waals surface area contributed by atoms with Gasteiger partial charge in [0, 0.05) is 11.7 Å². The third-order valence-corrected chi connectivity index (χ3v) is 6.07. The second-order valence-corrected chi connectivity index (χ2v) is 10.9. The topological polar surface area (TPSA) is 58.6 Å². The number of ether oxygens (including phenoxy) is 1. The van der Waals surface area contributed by atoms with E-state index in [4.69, 9.17) is 51.8 Å². The summed E-state index contributed by atoms with van der Waals surface area (Å²) < 4.78 is 3.33. The number of rotatable bonds is 5. The number of fused-ring (bicyclic) bond motifs is 1. The van der Waals surface area contributed by atoms with E-state index in [9.17, 15) is 9.59 Å². The summed E-state index contributed by atoms with van der Waals surface area (Å²) in [5.41, 5.74) is 1.23. The van der Waals surface area contributed by atoms with Crippen LogP contribution in [0.4, 0.5) is 0 Å². The van der Waals surface area contributed by atoms with Crippen LogP contribution < -0.4 is 5.32 Å². The third kappa shape index (κ3) is 5.13. The number of hydrogen-bond acceptors (Lipinski definition) is 5. The summed E-state index contributed by atoms with van der Waals surface area (Å²) in [6.45, 7) is 1.54. The summed E-state index contributed by atoms with van der Waals surface area (Å²) in [6, 6.07) is 9.26. The molecule has 0 saturated carbocycles. The molecule has 0 aromatic heterocycles. The molecule has 1 fully saturated rings. The summed E-state index contributed by atoms with van der Waals surface area (Å²) >= 11 is 23.8. The minimum Gasteiger partial charge on any atom is -0.456 e. The number of halogens is 3. The van der Waals surface area contributed by atoms with E-state index < -0.39 is 22.4 Å². The first kappa shape index (κ1) is 21.7. The highest BCUT2D eigenvalue weighted by Gasteiger charge is 2.53. The summed E-state index contributed by atoms with van der Waals surface area (Å²) in [7, 11) is 0. The maximum Gasteiger partial charge on any atom is 0.354 e. The van der Waals surface area contributed by atoms with Crippen molar-refractivity contribution >= 4 is 75.6 Å². The van der Waals surface area contributed by atoms with E-state index in [0.29, 0.717) is 11.4 Å². The van der Waals surface area contributed by atoms with Gasteiger partial charge in [-0.05, 0) is 18.6 Å². The Bertz CT molecular complexity index is 814. The van der Waals surface area contributed by atoms with Crippen LogP contribution in [0.2, 0.25) is 0 Å². The molecule has 1 aromatic rings. The van der Waals surface area contributed by atoms with E-state index in [2.05, 4.69) is 5.32 Å². The van der Waals surface area contributed by atoms with Gasteiger partial charge >= 0.3 is 5.97 Å². The average molecular weight is 480 g/mol. The quantitative estimate of drug-likeness (QED) is 0.301. The van der Waals surface area contributed by atoms with E-state index >= 15 is 0 Å². The summed E-state index contributed by atoms with van der Waals surface area (Å²) in [4.78, 5) is 27.0. The SMILES string of the molecule is CC1C=C(C(=O)OCC(Cl)(Cl)Cl)N2C(=O)C(NC(=S)Cc3ccccc3)[C@@H]2S1. The minimum absolute atomic E-state index is 0.0108. The smallest absolute Gasteiger partial charge is 0.354 e. The number of benzene rings is 1. The summed E-state index contributed by atoms with van der Waals surface area (Å²) in [5.74, 6) is -0.931. The maximum atomic E-state index is 12.7. The maximum absolute atomic E-state index is 12.7. The molecule has 150 valence electrons. The van der Waals surface area contributed by atoms with Gasteiger partial charge in [-0.1, -0.05) is 77.4 Å². The Hall–Kier alpha value is -0.990. The molecule has 1 aromatic carbocycles. The van der Waals surface area contributed by atoms with Gasteiger partial charge in [-0.3, -0.25) is 9.69 Å². The Balaban J connectivity index is 1.64. The van der Waals surface area contributed by atoms with Crippen LogP contribution in [0, 0.1) is 0 Å². The lowest BCUT2D eigenvalue weighted by Crippen LogP contribution is -2.70. The zero-order valence-corrected chi connectivity index (χ0v) is 18.6. The Labute approximate surface area is 187 Å². The second kappa shape index (κ2) is 8.79. The number of carbonyl (C=O) groups excluding carboxylic acids is 2. The number of β-lactam (4-membered cyclic amide) rings is 1. The van der Waals surface area contributed by atoms with Gasteiger partial charge in [-0.2, -0.15) is 0 Å². The van der Waals surface area contributed by atoms with Crippen molar-refractivity contribution in [3.63, 3.8) is 0 Å². The number of thioether (sulfide) groups is 1. The lowest BCUT2D eigenvalue weighted by molar-refractivity contribution is -0.151. The van der Waals surface area contributed by atoms with Crippen molar-refractivity contribution in [3.8, 4) is 0 Å². The fraction of sp³-hybridized carbons (Fsp3) is 0.389. The minimum atomic E-state index is -1.71. The Morgan fingerprint density at radius 3 is 2.64 bits per heavy atom. The van der Waals surface area contributed by atoms with Gasteiger partial charge in [-0.15, -0.1) is 11.8 Å². The van der Waals surface area contributed by atoms with Gasteiger partial charge in [-0.25, -0.2) is 4.79 Å². The number of thiocarbonyl (C=S) groups is 1. The van der Waals surface area contributed by atoms with Crippen LogP contribution >= 0.6 is 58.8 Å². The van der Waals surface area contributed by atoms with Crippen LogP contribution in [-0.4, -0.2) is 48.8 Å². The molecule has 2 unspecified atom stereocenters. The first-order valence-electron chi connectivity index (χ1n) is 8.43. The molecule has 10 heteroatoms. The fourth-order valence-corrected chi connectivity index (χ4v) is 4.73. The molecule has 0 aliphatic carbocycles. The molecule has 3 rings (SSSR count). The van der Waals surface area contributed by atoms with Crippen molar-refractivity contribution in [1.29, 1.82) is 0 Å². The first-order valence-corrected chi connectivity index (χ1v) is 10.9. The molecule has 0 radical (unpaired) electrons. The normalized spacial score (nSPS) is 24.0. The molecule has 2 aliphatic rings. The van der Waals surface area contributed by atoms with Crippen molar-refractivity contribution < 1.29 is 14.3 Å². The predicted molar refractivity (Wildman–Crippen MR) is 117 cm³/mol. The van der Waals surface area contributed by atoms with E-state index in [-0.39, 0.29) is 22.2 Å². The van der Waals surface area contributed by atoms with Crippen LogP contribution in [0.5, 0.6) is 0 Å². The lowest BCUT2D eigenvalue weighted by atomic mass is 10.0. The summed E-state index contributed by atoms with van der Waals surface area (Å²) in [5, 5.41) is 2.88. The molecular weight excluding hydrogens is 463 g/mol. The fourth-order valence-electron chi connectivity index (χ4n) is 2.95. The molecule has 28 heavy (non-hydrogen) atoms. The van der Waals surface area contributed by atoms with Crippen molar-refractivity contribution in [2.24, 2.45) is 0 Å². The van der Waals surface area contributed by atoms with E-state index in [1.807, 2.05) is 37.3 Å².